The minimum atomic E-state index is -0.219. The molecule has 0 spiro atoms. The number of piperidine rings is 1. The van der Waals surface area contributed by atoms with Crippen molar-refractivity contribution in [2.24, 2.45) is 5.92 Å². The SMILES string of the molecule is O=C1[N]C=C(C2CCNCC2)N1. The van der Waals surface area contributed by atoms with Crippen LogP contribution in [0.15, 0.2) is 11.9 Å². The third-order valence-electron chi connectivity index (χ3n) is 2.35. The highest BCUT2D eigenvalue weighted by atomic mass is 16.2. The Morgan fingerprint density at radius 1 is 1.42 bits per heavy atom. The zero-order chi connectivity index (χ0) is 8.39. The Balaban J connectivity index is 1.95. The van der Waals surface area contributed by atoms with Gasteiger partial charge >= 0.3 is 6.03 Å². The molecule has 0 atom stereocenters. The van der Waals surface area contributed by atoms with E-state index in [1.807, 2.05) is 0 Å². The maximum absolute atomic E-state index is 10.8. The fraction of sp³-hybridized carbons (Fsp3) is 0.625. The molecule has 4 heteroatoms. The summed E-state index contributed by atoms with van der Waals surface area (Å²) < 4.78 is 0. The van der Waals surface area contributed by atoms with Crippen molar-refractivity contribution < 1.29 is 4.79 Å². The van der Waals surface area contributed by atoms with Crippen molar-refractivity contribution in [1.82, 2.24) is 16.0 Å². The Hall–Kier alpha value is -1.03. The van der Waals surface area contributed by atoms with Crippen molar-refractivity contribution in [2.45, 2.75) is 12.8 Å². The van der Waals surface area contributed by atoms with Crippen LogP contribution >= 0.6 is 0 Å². The van der Waals surface area contributed by atoms with Gasteiger partial charge in [0, 0.05) is 11.6 Å². The first-order valence-corrected chi connectivity index (χ1v) is 4.29. The molecule has 2 aliphatic rings. The monoisotopic (exact) mass is 166 g/mol. The normalized spacial score (nSPS) is 24.7. The van der Waals surface area contributed by atoms with Gasteiger partial charge in [0.15, 0.2) is 0 Å². The Bertz CT molecular complexity index is 218. The molecule has 0 aromatic carbocycles. The van der Waals surface area contributed by atoms with Crippen molar-refractivity contribution in [3.63, 3.8) is 0 Å². The van der Waals surface area contributed by atoms with Crippen LogP contribution in [0.2, 0.25) is 0 Å². The minimum Gasteiger partial charge on any atom is -0.317 e. The molecule has 1 saturated heterocycles. The lowest BCUT2D eigenvalue weighted by molar-refractivity contribution is 0.247. The average Bonchev–Trinajstić information content (AvgIpc) is 2.54. The third kappa shape index (κ3) is 1.43. The van der Waals surface area contributed by atoms with E-state index in [1.54, 1.807) is 6.20 Å². The van der Waals surface area contributed by atoms with Gasteiger partial charge < -0.3 is 10.6 Å². The lowest BCUT2D eigenvalue weighted by Gasteiger charge is -2.22. The van der Waals surface area contributed by atoms with Crippen molar-refractivity contribution in [2.75, 3.05) is 13.1 Å². The van der Waals surface area contributed by atoms with Crippen LogP contribution in [0.5, 0.6) is 0 Å². The molecule has 0 saturated carbocycles. The van der Waals surface area contributed by atoms with E-state index in [2.05, 4.69) is 16.0 Å². The van der Waals surface area contributed by atoms with Crippen LogP contribution in [0, 0.1) is 5.92 Å². The first kappa shape index (κ1) is 7.61. The summed E-state index contributed by atoms with van der Waals surface area (Å²) in [4.78, 5) is 10.8. The maximum atomic E-state index is 10.8. The molecule has 0 aromatic rings. The zero-order valence-electron chi connectivity index (χ0n) is 6.84. The molecule has 0 unspecified atom stereocenters. The van der Waals surface area contributed by atoms with E-state index in [4.69, 9.17) is 0 Å². The number of allylic oxidation sites excluding steroid dienone is 1. The number of nitrogens with zero attached hydrogens (tertiary/aromatic N) is 1. The van der Waals surface area contributed by atoms with Gasteiger partial charge in [0.05, 0.1) is 6.20 Å². The van der Waals surface area contributed by atoms with Gasteiger partial charge in [-0.05, 0) is 25.9 Å². The number of hydrogen-bond donors (Lipinski definition) is 2. The number of rotatable bonds is 1. The predicted molar refractivity (Wildman–Crippen MR) is 44.3 cm³/mol. The number of nitrogens with one attached hydrogen (secondary N) is 2. The maximum Gasteiger partial charge on any atom is 0.345 e. The summed E-state index contributed by atoms with van der Waals surface area (Å²) in [6.45, 7) is 2.08. The van der Waals surface area contributed by atoms with Crippen LogP contribution in [0.1, 0.15) is 12.8 Å². The molecular weight excluding hydrogens is 154 g/mol. The molecule has 4 nitrogen and oxygen atoms in total. The average molecular weight is 166 g/mol. The van der Waals surface area contributed by atoms with Crippen LogP contribution in [0.25, 0.3) is 0 Å². The second kappa shape index (κ2) is 3.15. The first-order chi connectivity index (χ1) is 5.86. The van der Waals surface area contributed by atoms with Gasteiger partial charge in [-0.2, -0.15) is 5.32 Å². The number of carbonyl (C=O) groups is 1. The third-order valence-corrected chi connectivity index (χ3v) is 2.35. The van der Waals surface area contributed by atoms with Gasteiger partial charge in [-0.3, -0.25) is 0 Å². The zero-order valence-corrected chi connectivity index (χ0v) is 6.84. The largest absolute Gasteiger partial charge is 0.345 e. The minimum absolute atomic E-state index is 0.219. The Morgan fingerprint density at radius 3 is 2.75 bits per heavy atom. The van der Waals surface area contributed by atoms with E-state index in [9.17, 15) is 4.79 Å². The fourth-order valence-corrected chi connectivity index (χ4v) is 1.66. The standard InChI is InChI=1S/C8H12N3O/c12-8-10-5-7(11-8)6-1-3-9-4-2-6/h5-6,9H,1-4H2,(H,11,12). The smallest absolute Gasteiger partial charge is 0.317 e. The summed E-state index contributed by atoms with van der Waals surface area (Å²) in [6, 6.07) is -0.219. The summed E-state index contributed by atoms with van der Waals surface area (Å²) in [5.74, 6) is 0.501. The molecule has 0 aromatic heterocycles. The lowest BCUT2D eigenvalue weighted by Crippen LogP contribution is -2.32. The molecule has 1 radical (unpaired) electrons. The Morgan fingerprint density at radius 2 is 2.17 bits per heavy atom. The van der Waals surface area contributed by atoms with Gasteiger partial charge in [0.1, 0.15) is 0 Å². The van der Waals surface area contributed by atoms with E-state index in [-0.39, 0.29) is 6.03 Å². The summed E-state index contributed by atoms with van der Waals surface area (Å²) in [7, 11) is 0. The number of carbonyl (C=O) groups excluding carboxylic acids is 1. The van der Waals surface area contributed by atoms with Gasteiger partial charge in [0.2, 0.25) is 0 Å². The predicted octanol–water partition coefficient (Wildman–Crippen LogP) is 0.155. The summed E-state index contributed by atoms with van der Waals surface area (Å²) in [6.07, 6.45) is 3.86. The van der Waals surface area contributed by atoms with Crippen LogP contribution < -0.4 is 16.0 Å². The van der Waals surface area contributed by atoms with Gasteiger partial charge in [-0.25, -0.2) is 4.79 Å². The van der Waals surface area contributed by atoms with E-state index in [1.165, 1.54) is 0 Å². The van der Waals surface area contributed by atoms with Crippen LogP contribution in [-0.4, -0.2) is 19.1 Å². The second-order valence-electron chi connectivity index (χ2n) is 3.17. The number of urea groups is 1. The van der Waals surface area contributed by atoms with Crippen LogP contribution in [0.3, 0.4) is 0 Å². The highest BCUT2D eigenvalue weighted by molar-refractivity contribution is 5.79. The van der Waals surface area contributed by atoms with Crippen molar-refractivity contribution in [3.8, 4) is 0 Å². The van der Waals surface area contributed by atoms with E-state index in [0.29, 0.717) is 5.92 Å². The molecule has 12 heavy (non-hydrogen) atoms. The summed E-state index contributed by atoms with van der Waals surface area (Å²) in [5.41, 5.74) is 1.00. The lowest BCUT2D eigenvalue weighted by atomic mass is 9.95. The van der Waals surface area contributed by atoms with Crippen molar-refractivity contribution >= 4 is 6.03 Å². The fourth-order valence-electron chi connectivity index (χ4n) is 1.66. The quantitative estimate of drug-likeness (QED) is 0.582. The van der Waals surface area contributed by atoms with Gasteiger partial charge in [0.25, 0.3) is 0 Å². The number of hydrogen-bond acceptors (Lipinski definition) is 2. The summed E-state index contributed by atoms with van der Waals surface area (Å²) >= 11 is 0. The number of amides is 2. The van der Waals surface area contributed by atoms with Gasteiger partial charge in [-0.1, -0.05) is 0 Å². The van der Waals surface area contributed by atoms with E-state index >= 15 is 0 Å². The summed E-state index contributed by atoms with van der Waals surface area (Å²) in [5, 5.41) is 9.69. The molecule has 1 fully saturated rings. The first-order valence-electron chi connectivity index (χ1n) is 4.29. The van der Waals surface area contributed by atoms with Crippen LogP contribution in [-0.2, 0) is 0 Å². The molecule has 0 aliphatic carbocycles. The molecule has 2 N–H and O–H groups in total. The molecule has 0 bridgehead atoms. The highest BCUT2D eigenvalue weighted by Gasteiger charge is 2.23. The van der Waals surface area contributed by atoms with E-state index < -0.39 is 0 Å². The molecule has 2 amide bonds. The topological polar surface area (TPSA) is 55.2 Å². The molecule has 65 valence electrons. The van der Waals surface area contributed by atoms with E-state index in [0.717, 1.165) is 31.6 Å². The Kier molecular flexibility index (Phi) is 1.99. The van der Waals surface area contributed by atoms with Crippen molar-refractivity contribution in [3.05, 3.63) is 11.9 Å². The van der Waals surface area contributed by atoms with Crippen molar-refractivity contribution in [1.29, 1.82) is 0 Å². The molecule has 2 rings (SSSR count). The van der Waals surface area contributed by atoms with Crippen LogP contribution in [0.4, 0.5) is 4.79 Å². The van der Waals surface area contributed by atoms with Gasteiger partial charge in [-0.15, -0.1) is 0 Å². The molecular formula is C8H12N3O. The molecule has 2 heterocycles. The highest BCUT2D eigenvalue weighted by Crippen LogP contribution is 2.20. The second-order valence-corrected chi connectivity index (χ2v) is 3.17. The molecule has 2 aliphatic heterocycles. The Labute approximate surface area is 71.4 Å².